The molecule has 8 heteroatoms. The quantitative estimate of drug-likeness (QED) is 0.769. The van der Waals surface area contributed by atoms with Crippen molar-refractivity contribution in [3.05, 3.63) is 24.0 Å². The van der Waals surface area contributed by atoms with Gasteiger partial charge in [0.15, 0.2) is 5.13 Å². The Morgan fingerprint density at radius 1 is 1.43 bits per heavy atom. The predicted octanol–water partition coefficient (Wildman–Crippen LogP) is 2.64. The third kappa shape index (κ3) is 2.61. The number of hydrogen-bond acceptors (Lipinski definition) is 6. The molecule has 4 rings (SSSR count). The minimum absolute atomic E-state index is 0. The fourth-order valence-corrected chi connectivity index (χ4v) is 3.46. The maximum absolute atomic E-state index is 12.1. The lowest BCUT2D eigenvalue weighted by molar-refractivity contribution is -0.122. The van der Waals surface area contributed by atoms with Crippen LogP contribution in [0.1, 0.15) is 20.7 Å². The first-order chi connectivity index (χ1) is 11.2. The second kappa shape index (κ2) is 5.54. The Morgan fingerprint density at radius 2 is 2.35 bits per heavy atom. The fourth-order valence-electron chi connectivity index (χ4n) is 2.76. The van der Waals surface area contributed by atoms with Crippen LogP contribution in [-0.2, 0) is 9.59 Å². The molecule has 0 aliphatic heterocycles. The first-order valence-corrected chi connectivity index (χ1v) is 8.15. The van der Waals surface area contributed by atoms with E-state index in [1.807, 2.05) is 11.4 Å². The molecular formula is C15H15N5O2S. The van der Waals surface area contributed by atoms with Gasteiger partial charge >= 0.3 is 0 Å². The highest BCUT2D eigenvalue weighted by atomic mass is 32.1. The summed E-state index contributed by atoms with van der Waals surface area (Å²) >= 11 is 1.34. The van der Waals surface area contributed by atoms with Gasteiger partial charge in [-0.25, -0.2) is 15.0 Å². The Bertz CT molecular complexity index is 906. The van der Waals surface area contributed by atoms with Crippen molar-refractivity contribution in [2.45, 2.75) is 19.3 Å². The van der Waals surface area contributed by atoms with E-state index in [4.69, 9.17) is 0 Å². The van der Waals surface area contributed by atoms with Crippen LogP contribution >= 0.6 is 11.3 Å². The predicted molar refractivity (Wildman–Crippen MR) is 88.1 cm³/mol. The van der Waals surface area contributed by atoms with Gasteiger partial charge in [0.2, 0.25) is 5.91 Å². The highest BCUT2D eigenvalue weighted by Crippen LogP contribution is 2.29. The van der Waals surface area contributed by atoms with E-state index in [2.05, 4.69) is 25.3 Å². The van der Waals surface area contributed by atoms with Crippen LogP contribution in [-0.4, -0.2) is 31.6 Å². The van der Waals surface area contributed by atoms with Gasteiger partial charge in [0.25, 0.3) is 0 Å². The molecule has 23 heavy (non-hydrogen) atoms. The minimum Gasteiger partial charge on any atom is -0.346 e. The number of nitrogens with zero attached hydrogens (tertiary/aromatic N) is 3. The summed E-state index contributed by atoms with van der Waals surface area (Å²) in [6.45, 7) is 0. The number of nitrogens with one attached hydrogen (secondary N) is 2. The van der Waals surface area contributed by atoms with E-state index < -0.39 is 0 Å². The zero-order valence-corrected chi connectivity index (χ0v) is 12.9. The van der Waals surface area contributed by atoms with Gasteiger partial charge in [0, 0.05) is 37.1 Å². The summed E-state index contributed by atoms with van der Waals surface area (Å²) < 4.78 is 0. The number of aromatic nitrogens is 4. The van der Waals surface area contributed by atoms with Crippen LogP contribution in [0.15, 0.2) is 24.0 Å². The maximum atomic E-state index is 12.1. The molecule has 0 aromatic carbocycles. The van der Waals surface area contributed by atoms with Crippen molar-refractivity contribution in [1.82, 2.24) is 19.9 Å². The van der Waals surface area contributed by atoms with Gasteiger partial charge < -0.3 is 10.3 Å². The minimum atomic E-state index is -0.231. The molecule has 0 saturated heterocycles. The second-order valence-electron chi connectivity index (χ2n) is 5.47. The molecule has 1 amide bonds. The number of thiazole rings is 1. The molecule has 3 heterocycles. The van der Waals surface area contributed by atoms with E-state index in [1.165, 1.54) is 17.7 Å². The standard InChI is InChI=1S/C15H13N5O2S.H2/c21-9-2-1-8(5-9)14(22)20-15-19-11(6-23-15)12-10-3-4-16-13(10)18-7-17-12;/h3-4,6-8H,1-2,5H2,(H,16,17,18)(H,19,20,22);1H. The Hall–Kier alpha value is -2.61. The van der Waals surface area contributed by atoms with Crippen LogP contribution in [0, 0.1) is 5.92 Å². The fraction of sp³-hybridized carbons (Fsp3) is 0.267. The molecule has 1 unspecified atom stereocenters. The molecule has 3 aromatic rings. The number of hydrogen-bond donors (Lipinski definition) is 2. The number of aromatic amines is 1. The van der Waals surface area contributed by atoms with E-state index in [0.29, 0.717) is 30.1 Å². The summed E-state index contributed by atoms with van der Waals surface area (Å²) in [7, 11) is 0. The molecule has 7 nitrogen and oxygen atoms in total. The van der Waals surface area contributed by atoms with Crippen molar-refractivity contribution in [1.29, 1.82) is 0 Å². The highest BCUT2D eigenvalue weighted by molar-refractivity contribution is 7.14. The van der Waals surface area contributed by atoms with Crippen molar-refractivity contribution < 1.29 is 11.0 Å². The number of carbonyl (C=O) groups is 2. The molecule has 1 aliphatic rings. The molecule has 118 valence electrons. The Labute approximate surface area is 136 Å². The first kappa shape index (κ1) is 14.0. The first-order valence-electron chi connectivity index (χ1n) is 7.27. The molecule has 1 atom stereocenters. The van der Waals surface area contributed by atoms with E-state index in [-0.39, 0.29) is 19.0 Å². The van der Waals surface area contributed by atoms with Gasteiger partial charge in [-0.15, -0.1) is 11.3 Å². The molecule has 2 N–H and O–H groups in total. The average molecular weight is 329 g/mol. The summed E-state index contributed by atoms with van der Waals surface area (Å²) in [5.41, 5.74) is 2.17. The van der Waals surface area contributed by atoms with Gasteiger partial charge in [-0.2, -0.15) is 0 Å². The van der Waals surface area contributed by atoms with E-state index >= 15 is 0 Å². The van der Waals surface area contributed by atoms with Crippen LogP contribution in [0.3, 0.4) is 0 Å². The molecule has 3 aromatic heterocycles. The molecule has 0 bridgehead atoms. The lowest BCUT2D eigenvalue weighted by atomic mass is 10.1. The summed E-state index contributed by atoms with van der Waals surface area (Å²) in [4.78, 5) is 39.3. The normalized spacial score (nSPS) is 17.7. The van der Waals surface area contributed by atoms with Gasteiger partial charge in [-0.3, -0.25) is 9.59 Å². The number of anilines is 1. The SMILES string of the molecule is O=C1CCC(C(=O)Nc2nc(-c3ncnc4[nH]ccc34)cs2)C1.[HH]. The van der Waals surface area contributed by atoms with Crippen molar-refractivity contribution >= 4 is 39.2 Å². The van der Waals surface area contributed by atoms with E-state index in [9.17, 15) is 9.59 Å². The van der Waals surface area contributed by atoms with Crippen molar-refractivity contribution in [3.63, 3.8) is 0 Å². The highest BCUT2D eigenvalue weighted by Gasteiger charge is 2.28. The van der Waals surface area contributed by atoms with E-state index in [1.54, 1.807) is 6.20 Å². The van der Waals surface area contributed by atoms with Gasteiger partial charge in [0.1, 0.15) is 29.1 Å². The molecule has 0 radical (unpaired) electrons. The molecule has 1 saturated carbocycles. The Kier molecular flexibility index (Phi) is 3.38. The zero-order chi connectivity index (χ0) is 15.8. The smallest absolute Gasteiger partial charge is 0.229 e. The number of Topliss-reactive ketones (excluding diaryl/α,β-unsaturated/α-hetero) is 1. The Morgan fingerprint density at radius 3 is 3.17 bits per heavy atom. The van der Waals surface area contributed by atoms with Crippen LogP contribution in [0.2, 0.25) is 0 Å². The number of H-pyrrole nitrogens is 1. The lowest BCUT2D eigenvalue weighted by Gasteiger charge is -2.06. The molecule has 1 fully saturated rings. The van der Waals surface area contributed by atoms with Crippen molar-refractivity contribution in [2.24, 2.45) is 5.92 Å². The van der Waals surface area contributed by atoms with Crippen molar-refractivity contribution in [3.8, 4) is 11.4 Å². The number of carbonyl (C=O) groups excluding carboxylic acids is 2. The van der Waals surface area contributed by atoms with Crippen LogP contribution in [0.4, 0.5) is 5.13 Å². The largest absolute Gasteiger partial charge is 0.346 e. The third-order valence-electron chi connectivity index (χ3n) is 3.95. The average Bonchev–Trinajstić information content (AvgIpc) is 3.26. The Balaban J connectivity index is 0.00000169. The number of ketones is 1. The summed E-state index contributed by atoms with van der Waals surface area (Å²) in [6, 6.07) is 1.90. The monoisotopic (exact) mass is 329 g/mol. The summed E-state index contributed by atoms with van der Waals surface area (Å²) in [6.07, 6.45) is 4.73. The van der Waals surface area contributed by atoms with Crippen LogP contribution < -0.4 is 5.32 Å². The molecular weight excluding hydrogens is 314 g/mol. The van der Waals surface area contributed by atoms with Gasteiger partial charge in [0.05, 0.1) is 0 Å². The van der Waals surface area contributed by atoms with E-state index in [0.717, 1.165) is 16.7 Å². The third-order valence-corrected chi connectivity index (χ3v) is 4.71. The number of amides is 1. The number of rotatable bonds is 3. The van der Waals surface area contributed by atoms with Gasteiger partial charge in [-0.05, 0) is 12.5 Å². The maximum Gasteiger partial charge on any atom is 0.229 e. The lowest BCUT2D eigenvalue weighted by Crippen LogP contribution is -2.20. The zero-order valence-electron chi connectivity index (χ0n) is 12.1. The van der Waals surface area contributed by atoms with Crippen molar-refractivity contribution in [2.75, 3.05) is 5.32 Å². The summed E-state index contributed by atoms with van der Waals surface area (Å²) in [5, 5.41) is 6.06. The molecule has 0 spiro atoms. The van der Waals surface area contributed by atoms with Crippen LogP contribution in [0.5, 0.6) is 0 Å². The van der Waals surface area contributed by atoms with Crippen LogP contribution in [0.25, 0.3) is 22.4 Å². The second-order valence-corrected chi connectivity index (χ2v) is 6.33. The topological polar surface area (TPSA) is 101 Å². The number of fused-ring (bicyclic) bond motifs is 1. The molecule has 1 aliphatic carbocycles. The van der Waals surface area contributed by atoms with Gasteiger partial charge in [-0.1, -0.05) is 0 Å². The summed E-state index contributed by atoms with van der Waals surface area (Å²) in [5.74, 6) is -0.211.